The van der Waals surface area contributed by atoms with Crippen molar-refractivity contribution in [1.82, 2.24) is 14.5 Å². The van der Waals surface area contributed by atoms with E-state index in [1.807, 2.05) is 55.1 Å². The van der Waals surface area contributed by atoms with E-state index in [0.29, 0.717) is 22.9 Å². The summed E-state index contributed by atoms with van der Waals surface area (Å²) in [6.07, 6.45) is 5.11. The van der Waals surface area contributed by atoms with Gasteiger partial charge in [0, 0.05) is 36.4 Å². The topological polar surface area (TPSA) is 69.0 Å². The van der Waals surface area contributed by atoms with E-state index in [0.717, 1.165) is 16.6 Å². The van der Waals surface area contributed by atoms with Crippen molar-refractivity contribution in [2.75, 3.05) is 5.32 Å². The number of para-hydroxylation sites is 1. The molecule has 4 aromatic rings. The number of aryl methyl sites for hydroxylation is 2. The van der Waals surface area contributed by atoms with Crippen molar-refractivity contribution < 1.29 is 9.53 Å². The van der Waals surface area contributed by atoms with E-state index in [9.17, 15) is 4.79 Å². The molecule has 0 aliphatic carbocycles. The monoisotopic (exact) mass is 358 g/mol. The molecule has 0 atom stereocenters. The number of nitrogens with one attached hydrogen (secondary N) is 1. The first-order valence-corrected chi connectivity index (χ1v) is 8.53. The van der Waals surface area contributed by atoms with Gasteiger partial charge >= 0.3 is 0 Å². The van der Waals surface area contributed by atoms with Crippen LogP contribution in [-0.2, 0) is 7.05 Å². The molecular formula is C21H18N4O2. The van der Waals surface area contributed by atoms with E-state index in [1.165, 1.54) is 0 Å². The second kappa shape index (κ2) is 6.92. The average Bonchev–Trinajstić information content (AvgIpc) is 3.02. The van der Waals surface area contributed by atoms with Gasteiger partial charge in [-0.1, -0.05) is 18.2 Å². The number of rotatable bonds is 4. The summed E-state index contributed by atoms with van der Waals surface area (Å²) in [5, 5.41) is 3.80. The number of hydrogen-bond acceptors (Lipinski definition) is 4. The van der Waals surface area contributed by atoms with Crippen LogP contribution in [0.1, 0.15) is 16.1 Å². The van der Waals surface area contributed by atoms with Crippen molar-refractivity contribution in [1.29, 1.82) is 0 Å². The molecule has 1 N–H and O–H groups in total. The molecule has 0 saturated heterocycles. The molecule has 4 rings (SSSR count). The van der Waals surface area contributed by atoms with Crippen molar-refractivity contribution in [2.24, 2.45) is 7.05 Å². The summed E-state index contributed by atoms with van der Waals surface area (Å²) in [5.74, 6) is 0.914. The van der Waals surface area contributed by atoms with E-state index in [2.05, 4.69) is 15.3 Å². The molecule has 0 aliphatic rings. The van der Waals surface area contributed by atoms with Crippen LogP contribution in [0.25, 0.3) is 10.9 Å². The largest absolute Gasteiger partial charge is 0.437 e. The molecule has 27 heavy (non-hydrogen) atoms. The van der Waals surface area contributed by atoms with Gasteiger partial charge in [0.25, 0.3) is 5.91 Å². The molecule has 0 bridgehead atoms. The summed E-state index contributed by atoms with van der Waals surface area (Å²) < 4.78 is 7.67. The number of amides is 1. The van der Waals surface area contributed by atoms with E-state index in [1.54, 1.807) is 30.6 Å². The van der Waals surface area contributed by atoms with Gasteiger partial charge in [-0.05, 0) is 31.2 Å². The predicted octanol–water partition coefficient (Wildman–Crippen LogP) is 4.32. The minimum Gasteiger partial charge on any atom is -0.437 e. The van der Waals surface area contributed by atoms with Crippen LogP contribution in [0.4, 0.5) is 5.69 Å². The summed E-state index contributed by atoms with van der Waals surface area (Å²) in [7, 11) is 1.92. The molecular weight excluding hydrogens is 340 g/mol. The molecule has 0 fully saturated rings. The van der Waals surface area contributed by atoms with Gasteiger partial charge < -0.3 is 14.6 Å². The molecule has 6 heteroatoms. The molecule has 0 saturated carbocycles. The second-order valence-electron chi connectivity index (χ2n) is 6.20. The Labute approximate surface area is 156 Å². The van der Waals surface area contributed by atoms with Gasteiger partial charge in [0.1, 0.15) is 0 Å². The first-order valence-electron chi connectivity index (χ1n) is 8.53. The summed E-state index contributed by atoms with van der Waals surface area (Å²) in [6.45, 7) is 1.87. The SMILES string of the molecule is Cc1ncccc1Oc1ccc(NC(=O)c2cn(C)c3ccccc23)cn1. The Morgan fingerprint density at radius 3 is 2.70 bits per heavy atom. The summed E-state index contributed by atoms with van der Waals surface area (Å²) in [4.78, 5) is 21.1. The molecule has 3 heterocycles. The lowest BCUT2D eigenvalue weighted by Crippen LogP contribution is -2.11. The van der Waals surface area contributed by atoms with Crippen LogP contribution in [0.3, 0.4) is 0 Å². The number of carbonyl (C=O) groups is 1. The van der Waals surface area contributed by atoms with Crippen molar-refractivity contribution in [3.63, 3.8) is 0 Å². The third-order valence-electron chi connectivity index (χ3n) is 4.31. The normalized spacial score (nSPS) is 10.7. The van der Waals surface area contributed by atoms with Gasteiger partial charge in [0.2, 0.25) is 5.88 Å². The average molecular weight is 358 g/mol. The van der Waals surface area contributed by atoms with Crippen LogP contribution in [0.5, 0.6) is 11.6 Å². The molecule has 0 unspecified atom stereocenters. The summed E-state index contributed by atoms with van der Waals surface area (Å²) in [5.41, 5.74) is 3.02. The number of fused-ring (bicyclic) bond motifs is 1. The van der Waals surface area contributed by atoms with Crippen molar-refractivity contribution in [3.05, 3.63) is 78.4 Å². The van der Waals surface area contributed by atoms with E-state index < -0.39 is 0 Å². The highest BCUT2D eigenvalue weighted by molar-refractivity contribution is 6.12. The fourth-order valence-corrected chi connectivity index (χ4v) is 2.93. The number of aromatic nitrogens is 3. The number of nitrogens with zero attached hydrogens (tertiary/aromatic N) is 3. The zero-order valence-corrected chi connectivity index (χ0v) is 15.0. The minimum absolute atomic E-state index is 0.176. The van der Waals surface area contributed by atoms with Gasteiger partial charge in [0.05, 0.1) is 23.1 Å². The fraction of sp³-hybridized carbons (Fsp3) is 0.0952. The lowest BCUT2D eigenvalue weighted by molar-refractivity contribution is 0.102. The Hall–Kier alpha value is -3.67. The Balaban J connectivity index is 1.51. The first-order chi connectivity index (χ1) is 13.1. The maximum absolute atomic E-state index is 12.7. The summed E-state index contributed by atoms with van der Waals surface area (Å²) >= 11 is 0. The van der Waals surface area contributed by atoms with Crippen LogP contribution < -0.4 is 10.1 Å². The predicted molar refractivity (Wildman–Crippen MR) is 104 cm³/mol. The Morgan fingerprint density at radius 1 is 1.07 bits per heavy atom. The van der Waals surface area contributed by atoms with E-state index in [-0.39, 0.29) is 5.91 Å². The smallest absolute Gasteiger partial charge is 0.257 e. The number of ether oxygens (including phenoxy) is 1. The molecule has 1 aromatic carbocycles. The Morgan fingerprint density at radius 2 is 1.93 bits per heavy atom. The van der Waals surface area contributed by atoms with E-state index in [4.69, 9.17) is 4.74 Å². The first kappa shape index (κ1) is 16.8. The summed E-state index contributed by atoms with van der Waals surface area (Å²) in [6, 6.07) is 14.9. The molecule has 6 nitrogen and oxygen atoms in total. The molecule has 134 valence electrons. The zero-order valence-electron chi connectivity index (χ0n) is 15.0. The second-order valence-corrected chi connectivity index (χ2v) is 6.20. The van der Waals surface area contributed by atoms with Crippen molar-refractivity contribution in [3.8, 4) is 11.6 Å². The lowest BCUT2D eigenvalue weighted by atomic mass is 10.1. The lowest BCUT2D eigenvalue weighted by Gasteiger charge is -2.08. The molecule has 0 spiro atoms. The fourth-order valence-electron chi connectivity index (χ4n) is 2.93. The maximum Gasteiger partial charge on any atom is 0.257 e. The minimum atomic E-state index is -0.176. The highest BCUT2D eigenvalue weighted by Gasteiger charge is 2.14. The third kappa shape index (κ3) is 3.37. The highest BCUT2D eigenvalue weighted by atomic mass is 16.5. The number of hydrogen-bond donors (Lipinski definition) is 1. The number of pyridine rings is 2. The number of carbonyl (C=O) groups excluding carboxylic acids is 1. The van der Waals surface area contributed by atoms with Gasteiger partial charge in [-0.2, -0.15) is 0 Å². The quantitative estimate of drug-likeness (QED) is 0.590. The maximum atomic E-state index is 12.7. The van der Waals surface area contributed by atoms with E-state index >= 15 is 0 Å². The molecule has 0 aliphatic heterocycles. The van der Waals surface area contributed by atoms with Crippen LogP contribution >= 0.6 is 0 Å². The van der Waals surface area contributed by atoms with Crippen molar-refractivity contribution in [2.45, 2.75) is 6.92 Å². The van der Waals surface area contributed by atoms with Gasteiger partial charge in [-0.3, -0.25) is 9.78 Å². The van der Waals surface area contributed by atoms with Crippen LogP contribution in [0.2, 0.25) is 0 Å². The Kier molecular flexibility index (Phi) is 4.30. The Bertz CT molecular complexity index is 1120. The zero-order chi connectivity index (χ0) is 18.8. The molecule has 1 amide bonds. The highest BCUT2D eigenvalue weighted by Crippen LogP contribution is 2.24. The van der Waals surface area contributed by atoms with Crippen LogP contribution in [0.15, 0.2) is 67.1 Å². The standard InChI is InChI=1S/C21H18N4O2/c1-14-19(8-5-11-22-14)27-20-10-9-15(12-23-20)24-21(26)17-13-25(2)18-7-4-3-6-16(17)18/h3-13H,1-2H3,(H,24,26). The van der Waals surface area contributed by atoms with Crippen LogP contribution in [0, 0.1) is 6.92 Å². The molecule has 3 aromatic heterocycles. The van der Waals surface area contributed by atoms with Gasteiger partial charge in [0.15, 0.2) is 5.75 Å². The van der Waals surface area contributed by atoms with Crippen LogP contribution in [-0.4, -0.2) is 20.4 Å². The number of anilines is 1. The molecule has 0 radical (unpaired) electrons. The third-order valence-corrected chi connectivity index (χ3v) is 4.31. The van der Waals surface area contributed by atoms with Gasteiger partial charge in [-0.15, -0.1) is 0 Å². The van der Waals surface area contributed by atoms with Gasteiger partial charge in [-0.25, -0.2) is 4.98 Å². The van der Waals surface area contributed by atoms with Crippen molar-refractivity contribution >= 4 is 22.5 Å². The number of benzene rings is 1.